The number of aromatic nitrogens is 1. The lowest BCUT2D eigenvalue weighted by Crippen LogP contribution is -2.08. The van der Waals surface area contributed by atoms with Crippen LogP contribution in [0.1, 0.15) is 29.1 Å². The number of aryl methyl sites for hydroxylation is 2. The van der Waals surface area contributed by atoms with Crippen LogP contribution in [-0.4, -0.2) is 18.1 Å². The first-order chi connectivity index (χ1) is 10.2. The maximum Gasteiger partial charge on any atom is 0.129 e. The fourth-order valence-corrected chi connectivity index (χ4v) is 2.07. The highest BCUT2D eigenvalue weighted by atomic mass is 16.5. The largest absolute Gasteiger partial charge is 0.467 e. The Hall–Kier alpha value is -2.32. The summed E-state index contributed by atoms with van der Waals surface area (Å²) in [5.41, 5.74) is 3.11. The molecule has 0 aromatic carbocycles. The van der Waals surface area contributed by atoms with Crippen molar-refractivity contribution in [3.8, 4) is 6.07 Å². The predicted molar refractivity (Wildman–Crippen MR) is 79.9 cm³/mol. The number of nitrogens with zero attached hydrogens (tertiary/aromatic N) is 2. The van der Waals surface area contributed by atoms with Gasteiger partial charge in [-0.2, -0.15) is 5.26 Å². The van der Waals surface area contributed by atoms with Gasteiger partial charge >= 0.3 is 0 Å². The first-order valence-electron chi connectivity index (χ1n) is 6.93. The van der Waals surface area contributed by atoms with Crippen molar-refractivity contribution in [2.75, 3.05) is 18.5 Å². The lowest BCUT2D eigenvalue weighted by atomic mass is 10.1. The van der Waals surface area contributed by atoms with Crippen molar-refractivity contribution in [2.45, 2.75) is 26.9 Å². The van der Waals surface area contributed by atoms with Crippen molar-refractivity contribution < 1.29 is 9.15 Å². The van der Waals surface area contributed by atoms with Crippen LogP contribution in [0.3, 0.4) is 0 Å². The number of pyridine rings is 1. The van der Waals surface area contributed by atoms with E-state index in [1.54, 1.807) is 6.26 Å². The van der Waals surface area contributed by atoms with E-state index < -0.39 is 0 Å². The van der Waals surface area contributed by atoms with Crippen LogP contribution in [0.15, 0.2) is 28.9 Å². The second-order valence-electron chi connectivity index (χ2n) is 4.80. The number of anilines is 1. The van der Waals surface area contributed by atoms with Crippen LogP contribution in [0.5, 0.6) is 0 Å². The van der Waals surface area contributed by atoms with E-state index in [0.29, 0.717) is 18.8 Å². The quantitative estimate of drug-likeness (QED) is 0.791. The zero-order valence-electron chi connectivity index (χ0n) is 12.3. The first kappa shape index (κ1) is 15.1. The van der Waals surface area contributed by atoms with Crippen LogP contribution in [0.4, 0.5) is 5.69 Å². The first-order valence-corrected chi connectivity index (χ1v) is 6.93. The summed E-state index contributed by atoms with van der Waals surface area (Å²) in [4.78, 5) is 4.29. The Morgan fingerprint density at radius 1 is 1.43 bits per heavy atom. The third-order valence-electron chi connectivity index (χ3n) is 3.05. The van der Waals surface area contributed by atoms with E-state index in [9.17, 15) is 5.26 Å². The standard InChI is InChI=1S/C16H19N3O2/c1-12-9-16(15(10-17)13(2)19-12)18-6-4-7-20-11-14-5-3-8-21-14/h3,5,8-9H,4,6-7,11H2,1-2H3,(H,18,19). The van der Waals surface area contributed by atoms with Crippen LogP contribution in [0.25, 0.3) is 0 Å². The molecule has 1 N–H and O–H groups in total. The van der Waals surface area contributed by atoms with E-state index in [0.717, 1.165) is 35.8 Å². The van der Waals surface area contributed by atoms with Crippen molar-refractivity contribution in [3.05, 3.63) is 47.2 Å². The summed E-state index contributed by atoms with van der Waals surface area (Å²) >= 11 is 0. The lowest BCUT2D eigenvalue weighted by molar-refractivity contribution is 0.106. The number of furan rings is 1. The normalized spacial score (nSPS) is 10.3. The Balaban J connectivity index is 1.75. The highest BCUT2D eigenvalue weighted by molar-refractivity contribution is 5.59. The fraction of sp³-hybridized carbons (Fsp3) is 0.375. The molecule has 0 amide bonds. The van der Waals surface area contributed by atoms with Gasteiger partial charge in [-0.15, -0.1) is 0 Å². The maximum absolute atomic E-state index is 9.17. The molecule has 0 aliphatic carbocycles. The third-order valence-corrected chi connectivity index (χ3v) is 3.05. The summed E-state index contributed by atoms with van der Waals surface area (Å²) < 4.78 is 10.7. The maximum atomic E-state index is 9.17. The predicted octanol–water partition coefficient (Wildman–Crippen LogP) is 3.18. The van der Waals surface area contributed by atoms with Gasteiger partial charge in [0.1, 0.15) is 18.4 Å². The second-order valence-corrected chi connectivity index (χ2v) is 4.80. The molecule has 0 saturated carbocycles. The highest BCUT2D eigenvalue weighted by Crippen LogP contribution is 2.18. The van der Waals surface area contributed by atoms with Crippen LogP contribution < -0.4 is 5.32 Å². The molecule has 2 rings (SSSR count). The molecule has 0 saturated heterocycles. The summed E-state index contributed by atoms with van der Waals surface area (Å²) in [7, 11) is 0. The van der Waals surface area contributed by atoms with Gasteiger partial charge in [-0.1, -0.05) is 0 Å². The van der Waals surface area contributed by atoms with Crippen LogP contribution in [0, 0.1) is 25.2 Å². The summed E-state index contributed by atoms with van der Waals surface area (Å²) in [5.74, 6) is 0.829. The number of hydrogen-bond donors (Lipinski definition) is 1. The molecule has 0 fully saturated rings. The van der Waals surface area contributed by atoms with Crippen molar-refractivity contribution in [1.29, 1.82) is 5.26 Å². The van der Waals surface area contributed by atoms with E-state index in [4.69, 9.17) is 9.15 Å². The average Bonchev–Trinajstić information content (AvgIpc) is 2.95. The number of rotatable bonds is 7. The molecule has 5 nitrogen and oxygen atoms in total. The van der Waals surface area contributed by atoms with Gasteiger partial charge in [0, 0.05) is 18.8 Å². The molecule has 0 atom stereocenters. The zero-order chi connectivity index (χ0) is 15.1. The van der Waals surface area contributed by atoms with E-state index in [1.165, 1.54) is 0 Å². The van der Waals surface area contributed by atoms with Gasteiger partial charge in [0.25, 0.3) is 0 Å². The van der Waals surface area contributed by atoms with Gasteiger partial charge in [0.2, 0.25) is 0 Å². The average molecular weight is 285 g/mol. The minimum atomic E-state index is 0.490. The Kier molecular flexibility index (Phi) is 5.35. The van der Waals surface area contributed by atoms with Crippen LogP contribution in [-0.2, 0) is 11.3 Å². The SMILES string of the molecule is Cc1cc(NCCCOCc2ccco2)c(C#N)c(C)n1. The monoisotopic (exact) mass is 285 g/mol. The van der Waals surface area contributed by atoms with Crippen molar-refractivity contribution >= 4 is 5.69 Å². The molecule has 110 valence electrons. The lowest BCUT2D eigenvalue weighted by Gasteiger charge is -2.10. The Morgan fingerprint density at radius 2 is 2.29 bits per heavy atom. The van der Waals surface area contributed by atoms with Crippen molar-refractivity contribution in [1.82, 2.24) is 4.98 Å². The minimum absolute atomic E-state index is 0.490. The molecule has 2 aromatic rings. The van der Waals surface area contributed by atoms with Crippen LogP contribution >= 0.6 is 0 Å². The molecule has 2 aromatic heterocycles. The van der Waals surface area contributed by atoms with Gasteiger partial charge in [-0.3, -0.25) is 4.98 Å². The van der Waals surface area contributed by atoms with E-state index >= 15 is 0 Å². The fourth-order valence-electron chi connectivity index (χ4n) is 2.07. The minimum Gasteiger partial charge on any atom is -0.467 e. The van der Waals surface area contributed by atoms with E-state index in [1.807, 2.05) is 32.0 Å². The number of nitrogens with one attached hydrogen (secondary N) is 1. The highest BCUT2D eigenvalue weighted by Gasteiger charge is 2.07. The van der Waals surface area contributed by atoms with Gasteiger partial charge in [-0.25, -0.2) is 0 Å². The molecule has 0 unspecified atom stereocenters. The summed E-state index contributed by atoms with van der Waals surface area (Å²) in [6.07, 6.45) is 2.49. The van der Waals surface area contributed by atoms with Crippen molar-refractivity contribution in [3.63, 3.8) is 0 Å². The van der Waals surface area contributed by atoms with Gasteiger partial charge in [0.05, 0.1) is 23.2 Å². The van der Waals surface area contributed by atoms with Gasteiger partial charge in [-0.05, 0) is 38.5 Å². The molecular weight excluding hydrogens is 266 g/mol. The van der Waals surface area contributed by atoms with E-state index in [-0.39, 0.29) is 0 Å². The summed E-state index contributed by atoms with van der Waals surface area (Å²) in [6, 6.07) is 7.82. The molecular formula is C16H19N3O2. The Bertz CT molecular complexity index is 615. The van der Waals surface area contributed by atoms with Gasteiger partial charge in [0.15, 0.2) is 0 Å². The molecule has 0 aliphatic heterocycles. The Morgan fingerprint density at radius 3 is 3.00 bits per heavy atom. The smallest absolute Gasteiger partial charge is 0.129 e. The Labute approximate surface area is 124 Å². The van der Waals surface area contributed by atoms with Crippen LogP contribution in [0.2, 0.25) is 0 Å². The topological polar surface area (TPSA) is 71.1 Å². The number of ether oxygens (including phenoxy) is 1. The second kappa shape index (κ2) is 7.46. The summed E-state index contributed by atoms with van der Waals surface area (Å²) in [5, 5.41) is 12.4. The summed E-state index contributed by atoms with van der Waals surface area (Å²) in [6.45, 7) is 5.65. The van der Waals surface area contributed by atoms with Crippen molar-refractivity contribution in [2.24, 2.45) is 0 Å². The number of hydrogen-bond acceptors (Lipinski definition) is 5. The molecule has 21 heavy (non-hydrogen) atoms. The third kappa shape index (κ3) is 4.33. The molecule has 2 heterocycles. The number of nitriles is 1. The molecule has 0 radical (unpaired) electrons. The molecule has 0 bridgehead atoms. The molecule has 0 aliphatic rings. The zero-order valence-corrected chi connectivity index (χ0v) is 12.3. The van der Waals surface area contributed by atoms with E-state index in [2.05, 4.69) is 16.4 Å². The van der Waals surface area contributed by atoms with Gasteiger partial charge < -0.3 is 14.5 Å². The molecule has 0 spiro atoms. The molecule has 5 heteroatoms.